The number of aliphatic hydroxyl groups is 8. The third kappa shape index (κ3) is 8.49. The molecule has 17 heteroatoms. The maximum Gasteiger partial charge on any atom is 0.229 e. The van der Waals surface area contributed by atoms with E-state index in [0.29, 0.717) is 16.5 Å². The van der Waals surface area contributed by atoms with Crippen LogP contribution < -0.4 is 20.3 Å². The summed E-state index contributed by atoms with van der Waals surface area (Å²) < 4.78 is 32.8. The van der Waals surface area contributed by atoms with Crippen LogP contribution in [0.2, 0.25) is 0 Å². The van der Waals surface area contributed by atoms with Gasteiger partial charge >= 0.3 is 0 Å². The first-order valence-electron chi connectivity index (χ1n) is 18.7. The van der Waals surface area contributed by atoms with Gasteiger partial charge in [-0.1, -0.05) is 60.2 Å². The van der Waals surface area contributed by atoms with Crippen molar-refractivity contribution in [1.29, 1.82) is 0 Å². The first kappa shape index (κ1) is 42.4. The topological polar surface area (TPSA) is 279 Å². The Morgan fingerprint density at radius 1 is 0.567 bits per heavy atom. The lowest BCUT2D eigenvalue weighted by Gasteiger charge is -2.39. The maximum atomic E-state index is 12.9. The standard InChI is InChI=1S/C22H22O8.C21H20O9/c1-11-2-4-12(5-3-11)15-10-28-16-8-13(6-7-14(16)18(15)24)29-22-21(27)20(26)19(25)17(9-23)30-22;22-8-15-18(25)19(26)20(27)21(30-15)29-11-6-13(23)16-14(7-11)28-9-12(17(16)24)10-4-2-1-3-5-10/h2-8,10,17,19-23,25-27H,9H2,1H3;1-7,9,15,18-23,25-27H,8H2. The molecule has 0 amide bonds. The average Bonchev–Trinajstić information content (AvgIpc) is 3.25. The summed E-state index contributed by atoms with van der Waals surface area (Å²) in [6.07, 6.45) is -11.6. The lowest BCUT2D eigenvalue weighted by atomic mass is 9.99. The molecule has 2 saturated heterocycles. The molecule has 0 spiro atoms. The van der Waals surface area contributed by atoms with Gasteiger partial charge in [-0.25, -0.2) is 0 Å². The normalized spacial score (nSPS) is 26.6. The Balaban J connectivity index is 0.000000181. The van der Waals surface area contributed by atoms with Crippen molar-refractivity contribution >= 4 is 21.9 Å². The molecule has 60 heavy (non-hydrogen) atoms. The summed E-state index contributed by atoms with van der Waals surface area (Å²) in [4.78, 5) is 25.7. The minimum absolute atomic E-state index is 0.0139. The van der Waals surface area contributed by atoms with E-state index in [2.05, 4.69) is 0 Å². The Kier molecular flexibility index (Phi) is 12.6. The fourth-order valence-electron chi connectivity index (χ4n) is 6.80. The van der Waals surface area contributed by atoms with Gasteiger partial charge in [0.05, 0.1) is 29.7 Å². The quantitative estimate of drug-likeness (QED) is 0.105. The molecule has 0 radical (unpaired) electrons. The molecule has 10 unspecified atom stereocenters. The van der Waals surface area contributed by atoms with Gasteiger partial charge in [-0.05, 0) is 30.2 Å². The maximum absolute atomic E-state index is 12.9. The van der Waals surface area contributed by atoms with E-state index >= 15 is 0 Å². The van der Waals surface area contributed by atoms with Crippen LogP contribution in [-0.4, -0.2) is 121 Å². The molecule has 6 aromatic rings. The summed E-state index contributed by atoms with van der Waals surface area (Å²) in [5, 5.41) is 88.9. The van der Waals surface area contributed by atoms with E-state index < -0.39 is 85.8 Å². The van der Waals surface area contributed by atoms with Crippen LogP contribution in [0.5, 0.6) is 17.2 Å². The summed E-state index contributed by atoms with van der Waals surface area (Å²) in [6, 6.07) is 23.4. The zero-order valence-corrected chi connectivity index (χ0v) is 31.7. The van der Waals surface area contributed by atoms with Crippen LogP contribution in [-0.2, 0) is 9.47 Å². The van der Waals surface area contributed by atoms with Crippen LogP contribution in [0, 0.1) is 6.92 Å². The third-order valence-electron chi connectivity index (χ3n) is 10.2. The number of aryl methyl sites for hydroxylation is 1. The highest BCUT2D eigenvalue weighted by Gasteiger charge is 2.46. The number of aromatic hydroxyl groups is 1. The van der Waals surface area contributed by atoms with Crippen LogP contribution >= 0.6 is 0 Å². The predicted molar refractivity (Wildman–Crippen MR) is 211 cm³/mol. The summed E-state index contributed by atoms with van der Waals surface area (Å²) in [5.74, 6) is -0.198. The van der Waals surface area contributed by atoms with Crippen LogP contribution in [0.3, 0.4) is 0 Å². The number of rotatable bonds is 8. The minimum Gasteiger partial charge on any atom is -0.507 e. The number of hydrogen-bond acceptors (Lipinski definition) is 17. The predicted octanol–water partition coefficient (Wildman–Crippen LogP) is 1.29. The van der Waals surface area contributed by atoms with Gasteiger partial charge < -0.3 is 73.7 Å². The molecule has 0 aliphatic carbocycles. The van der Waals surface area contributed by atoms with E-state index in [-0.39, 0.29) is 39.0 Å². The summed E-state index contributed by atoms with van der Waals surface area (Å²) in [5.41, 5.74) is 2.87. The molecular weight excluding hydrogens is 788 g/mol. The first-order valence-corrected chi connectivity index (χ1v) is 18.7. The van der Waals surface area contributed by atoms with Crippen LogP contribution in [0.15, 0.2) is 116 Å². The molecule has 4 aromatic carbocycles. The Bertz CT molecular complexity index is 2530. The number of phenolic OH excluding ortho intramolecular Hbond substituents is 1. The van der Waals surface area contributed by atoms with Crippen molar-refractivity contribution < 1.29 is 73.7 Å². The lowest BCUT2D eigenvalue weighted by Crippen LogP contribution is -2.60. The largest absolute Gasteiger partial charge is 0.507 e. The fraction of sp³-hybridized carbons (Fsp3) is 0.302. The van der Waals surface area contributed by atoms with E-state index in [4.69, 9.17) is 27.8 Å². The highest BCUT2D eigenvalue weighted by molar-refractivity contribution is 5.88. The number of ether oxygens (including phenoxy) is 4. The van der Waals surface area contributed by atoms with Crippen molar-refractivity contribution in [1.82, 2.24) is 0 Å². The van der Waals surface area contributed by atoms with Gasteiger partial charge in [0.15, 0.2) is 5.43 Å². The summed E-state index contributed by atoms with van der Waals surface area (Å²) in [6.45, 7) is 0.799. The Morgan fingerprint density at radius 3 is 1.67 bits per heavy atom. The van der Waals surface area contributed by atoms with Gasteiger partial charge in [-0.2, -0.15) is 0 Å². The Morgan fingerprint density at radius 2 is 1.08 bits per heavy atom. The first-order chi connectivity index (χ1) is 28.8. The van der Waals surface area contributed by atoms with Crippen molar-refractivity contribution in [3.05, 3.63) is 123 Å². The van der Waals surface area contributed by atoms with Gasteiger partial charge in [-0.3, -0.25) is 9.59 Å². The molecule has 2 fully saturated rings. The number of benzene rings is 4. The smallest absolute Gasteiger partial charge is 0.229 e. The Hall–Kier alpha value is -5.70. The van der Waals surface area contributed by atoms with Crippen LogP contribution in [0.25, 0.3) is 44.2 Å². The second-order valence-electron chi connectivity index (χ2n) is 14.3. The third-order valence-corrected chi connectivity index (χ3v) is 10.2. The van der Waals surface area contributed by atoms with E-state index in [1.54, 1.807) is 24.3 Å². The second-order valence-corrected chi connectivity index (χ2v) is 14.3. The molecule has 9 N–H and O–H groups in total. The van der Waals surface area contributed by atoms with Gasteiger partial charge in [-0.15, -0.1) is 0 Å². The van der Waals surface area contributed by atoms with Gasteiger partial charge in [0, 0.05) is 18.2 Å². The van der Waals surface area contributed by atoms with Crippen molar-refractivity contribution in [3.63, 3.8) is 0 Å². The molecule has 316 valence electrons. The van der Waals surface area contributed by atoms with Gasteiger partial charge in [0.2, 0.25) is 18.0 Å². The number of hydrogen-bond donors (Lipinski definition) is 9. The molecule has 0 saturated carbocycles. The highest BCUT2D eigenvalue weighted by Crippen LogP contribution is 2.33. The van der Waals surface area contributed by atoms with Crippen LogP contribution in [0.4, 0.5) is 0 Å². The number of fused-ring (bicyclic) bond motifs is 2. The minimum atomic E-state index is -1.62. The lowest BCUT2D eigenvalue weighted by molar-refractivity contribution is -0.277. The van der Waals surface area contributed by atoms with Crippen molar-refractivity contribution in [3.8, 4) is 39.5 Å². The molecule has 2 aromatic heterocycles. The molecule has 4 heterocycles. The van der Waals surface area contributed by atoms with E-state index in [1.807, 2.05) is 37.3 Å². The molecule has 0 bridgehead atoms. The monoisotopic (exact) mass is 830 g/mol. The Labute approximate surface area is 339 Å². The zero-order chi connectivity index (χ0) is 42.8. The fourth-order valence-corrected chi connectivity index (χ4v) is 6.80. The van der Waals surface area contributed by atoms with E-state index in [0.717, 1.165) is 17.2 Å². The summed E-state index contributed by atoms with van der Waals surface area (Å²) >= 11 is 0. The van der Waals surface area contributed by atoms with Crippen LogP contribution in [0.1, 0.15) is 5.56 Å². The molecule has 2 aliphatic heterocycles. The van der Waals surface area contributed by atoms with E-state index in [9.17, 15) is 55.5 Å². The van der Waals surface area contributed by atoms with Gasteiger partial charge in [0.1, 0.15) is 95.2 Å². The summed E-state index contributed by atoms with van der Waals surface area (Å²) in [7, 11) is 0. The SMILES string of the molecule is Cc1ccc(-c2coc3cc(OC4OC(CO)C(O)C(O)C4O)ccc3c2=O)cc1.O=c1c(-c2ccccc2)coc2cc(OC3OC(CO)C(O)C(O)C3O)cc(O)c12. The van der Waals surface area contributed by atoms with Gasteiger partial charge in [0.25, 0.3) is 0 Å². The average molecular weight is 831 g/mol. The van der Waals surface area contributed by atoms with E-state index in [1.165, 1.54) is 36.8 Å². The molecular formula is C43H42O17. The molecule has 10 atom stereocenters. The number of phenols is 1. The van der Waals surface area contributed by atoms with Crippen molar-refractivity contribution in [2.45, 2.75) is 68.3 Å². The number of aliphatic hydroxyl groups excluding tert-OH is 8. The second kappa shape index (κ2) is 17.9. The molecule has 8 rings (SSSR count). The molecule has 17 nitrogen and oxygen atoms in total. The van der Waals surface area contributed by atoms with Crippen molar-refractivity contribution in [2.24, 2.45) is 0 Å². The van der Waals surface area contributed by atoms with Crippen molar-refractivity contribution in [2.75, 3.05) is 13.2 Å². The zero-order valence-electron chi connectivity index (χ0n) is 31.7. The molecule has 2 aliphatic rings. The highest BCUT2D eigenvalue weighted by atomic mass is 16.7.